The predicted molar refractivity (Wildman–Crippen MR) is 66.3 cm³/mol. The van der Waals surface area contributed by atoms with Crippen LogP contribution in [0, 0.1) is 0 Å². The van der Waals surface area contributed by atoms with Gasteiger partial charge in [0, 0.05) is 26.0 Å². The second-order valence-corrected chi connectivity index (χ2v) is 6.62. The third-order valence-electron chi connectivity index (χ3n) is 1.96. The molecule has 1 aromatic heterocycles. The Balaban J connectivity index is 2.45. The summed E-state index contributed by atoms with van der Waals surface area (Å²) in [5.74, 6) is -0.572. The molecule has 1 aromatic rings. The zero-order valence-electron chi connectivity index (χ0n) is 9.50. The Kier molecular flexibility index (Phi) is 4.43. The van der Waals surface area contributed by atoms with Gasteiger partial charge in [-0.05, 0) is 0 Å². The van der Waals surface area contributed by atoms with E-state index in [-0.39, 0.29) is 18.0 Å². The number of hydrogen-bond donors (Lipinski definition) is 2. The molecule has 9 heteroatoms. The molecule has 0 bridgehead atoms. The smallest absolute Gasteiger partial charge is 0.270 e. The Morgan fingerprint density at radius 2 is 2.24 bits per heavy atom. The molecule has 0 aromatic carbocycles. The first kappa shape index (κ1) is 13.9. The van der Waals surface area contributed by atoms with Gasteiger partial charge in [0.05, 0.1) is 5.75 Å². The van der Waals surface area contributed by atoms with Crippen molar-refractivity contribution >= 4 is 32.4 Å². The Bertz CT molecular complexity index is 495. The van der Waals surface area contributed by atoms with Crippen LogP contribution in [0.4, 0.5) is 5.13 Å². The summed E-state index contributed by atoms with van der Waals surface area (Å²) in [6.45, 7) is 0.0385. The van der Waals surface area contributed by atoms with Crippen molar-refractivity contribution < 1.29 is 13.2 Å². The molecule has 0 aliphatic carbocycles. The molecule has 0 radical (unpaired) electrons. The Morgan fingerprint density at radius 1 is 1.59 bits per heavy atom. The number of carbonyl (C=O) groups is 1. The number of amides is 1. The minimum absolute atomic E-state index is 0.0385. The number of carbonyl (C=O) groups excluding carboxylic acids is 1. The molecule has 3 N–H and O–H groups in total. The van der Waals surface area contributed by atoms with Crippen LogP contribution < -0.4 is 11.1 Å². The molecule has 0 saturated heterocycles. The van der Waals surface area contributed by atoms with Crippen LogP contribution >= 0.6 is 11.3 Å². The largest absolute Gasteiger partial charge is 0.375 e. The molecular formula is C8H14N4O3S2. The van der Waals surface area contributed by atoms with Crippen LogP contribution in [0.15, 0.2) is 5.38 Å². The number of anilines is 1. The molecule has 0 fully saturated rings. The third-order valence-corrected chi connectivity index (χ3v) is 4.46. The molecule has 1 heterocycles. The highest BCUT2D eigenvalue weighted by molar-refractivity contribution is 7.89. The SMILES string of the molecule is CN(C)S(=O)(=O)CCNC(=O)c1csc(N)n1. The quantitative estimate of drug-likeness (QED) is 0.744. The number of rotatable bonds is 5. The maximum atomic E-state index is 11.5. The standard InChI is InChI=1S/C8H14N4O3S2/c1-12(2)17(14,15)4-3-10-7(13)6-5-16-8(9)11-6/h5H,3-4H2,1-2H3,(H2,9,11)(H,10,13). The van der Waals surface area contributed by atoms with Gasteiger partial charge in [0.2, 0.25) is 10.0 Å². The number of nitrogens with zero attached hydrogens (tertiary/aromatic N) is 2. The minimum atomic E-state index is -3.29. The maximum Gasteiger partial charge on any atom is 0.270 e. The fourth-order valence-corrected chi connectivity index (χ4v) is 2.23. The van der Waals surface area contributed by atoms with Crippen LogP contribution in [-0.2, 0) is 10.0 Å². The zero-order valence-corrected chi connectivity index (χ0v) is 11.1. The molecule has 0 saturated carbocycles. The van der Waals surface area contributed by atoms with Crippen molar-refractivity contribution in [2.24, 2.45) is 0 Å². The van der Waals surface area contributed by atoms with E-state index in [1.165, 1.54) is 19.5 Å². The molecule has 1 rings (SSSR count). The van der Waals surface area contributed by atoms with Crippen LogP contribution in [0.1, 0.15) is 10.5 Å². The second-order valence-electron chi connectivity index (χ2n) is 3.43. The van der Waals surface area contributed by atoms with Gasteiger partial charge in [-0.3, -0.25) is 4.79 Å². The highest BCUT2D eigenvalue weighted by Gasteiger charge is 2.15. The van der Waals surface area contributed by atoms with Crippen LogP contribution in [-0.4, -0.2) is 50.0 Å². The van der Waals surface area contributed by atoms with E-state index in [1.54, 1.807) is 0 Å². The molecule has 0 unspecified atom stereocenters. The summed E-state index contributed by atoms with van der Waals surface area (Å²) < 4.78 is 23.9. The first-order valence-corrected chi connectivity index (χ1v) is 7.21. The minimum Gasteiger partial charge on any atom is -0.375 e. The van der Waals surface area contributed by atoms with Crippen LogP contribution in [0.5, 0.6) is 0 Å². The molecule has 0 atom stereocenters. The average molecular weight is 278 g/mol. The lowest BCUT2D eigenvalue weighted by Crippen LogP contribution is -2.34. The van der Waals surface area contributed by atoms with Crippen molar-refractivity contribution in [3.8, 4) is 0 Å². The third kappa shape index (κ3) is 3.95. The van der Waals surface area contributed by atoms with E-state index in [4.69, 9.17) is 5.73 Å². The molecule has 17 heavy (non-hydrogen) atoms. The van der Waals surface area contributed by atoms with Crippen molar-refractivity contribution in [1.29, 1.82) is 0 Å². The monoisotopic (exact) mass is 278 g/mol. The first-order valence-electron chi connectivity index (χ1n) is 4.72. The van der Waals surface area contributed by atoms with E-state index in [2.05, 4.69) is 10.3 Å². The predicted octanol–water partition coefficient (Wildman–Crippen LogP) is -0.653. The second kappa shape index (κ2) is 5.43. The van der Waals surface area contributed by atoms with Gasteiger partial charge in [-0.15, -0.1) is 11.3 Å². The van der Waals surface area contributed by atoms with Crippen molar-refractivity contribution in [3.63, 3.8) is 0 Å². The van der Waals surface area contributed by atoms with Gasteiger partial charge in [0.25, 0.3) is 5.91 Å². The highest BCUT2D eigenvalue weighted by atomic mass is 32.2. The fraction of sp³-hybridized carbons (Fsp3) is 0.500. The Hall–Kier alpha value is -1.19. The molecule has 0 aliphatic rings. The zero-order chi connectivity index (χ0) is 13.1. The first-order chi connectivity index (χ1) is 7.83. The summed E-state index contributed by atoms with van der Waals surface area (Å²) in [6, 6.07) is 0. The van der Waals surface area contributed by atoms with Crippen LogP contribution in [0.2, 0.25) is 0 Å². The van der Waals surface area contributed by atoms with Gasteiger partial charge in [-0.25, -0.2) is 17.7 Å². The summed E-state index contributed by atoms with van der Waals surface area (Å²) >= 11 is 1.16. The van der Waals surface area contributed by atoms with Crippen LogP contribution in [0.25, 0.3) is 0 Å². The Labute approximate surface area is 104 Å². The number of thiazole rings is 1. The summed E-state index contributed by atoms with van der Waals surface area (Å²) in [6.07, 6.45) is 0. The summed E-state index contributed by atoms with van der Waals surface area (Å²) in [5.41, 5.74) is 5.58. The lowest BCUT2D eigenvalue weighted by atomic mass is 10.4. The van der Waals surface area contributed by atoms with Gasteiger partial charge >= 0.3 is 0 Å². The Morgan fingerprint density at radius 3 is 2.71 bits per heavy atom. The number of nitrogens with one attached hydrogen (secondary N) is 1. The molecule has 1 amide bonds. The number of aromatic nitrogens is 1. The normalized spacial score (nSPS) is 11.7. The van der Waals surface area contributed by atoms with E-state index in [1.807, 2.05) is 0 Å². The van der Waals surface area contributed by atoms with Gasteiger partial charge in [-0.1, -0.05) is 0 Å². The van der Waals surface area contributed by atoms with E-state index in [9.17, 15) is 13.2 Å². The van der Waals surface area contributed by atoms with E-state index >= 15 is 0 Å². The van der Waals surface area contributed by atoms with E-state index in [0.29, 0.717) is 5.13 Å². The molecule has 0 aliphatic heterocycles. The van der Waals surface area contributed by atoms with Crippen molar-refractivity contribution in [2.75, 3.05) is 32.1 Å². The summed E-state index contributed by atoms with van der Waals surface area (Å²) in [5, 5.41) is 4.29. The lowest BCUT2D eigenvalue weighted by Gasteiger charge is -2.11. The number of hydrogen-bond acceptors (Lipinski definition) is 6. The van der Waals surface area contributed by atoms with Crippen molar-refractivity contribution in [2.45, 2.75) is 0 Å². The highest BCUT2D eigenvalue weighted by Crippen LogP contribution is 2.10. The average Bonchev–Trinajstić information content (AvgIpc) is 2.64. The topological polar surface area (TPSA) is 105 Å². The van der Waals surface area contributed by atoms with Gasteiger partial charge in [0.15, 0.2) is 5.13 Å². The number of nitrogen functional groups attached to an aromatic ring is 1. The molecular weight excluding hydrogens is 264 g/mol. The van der Waals surface area contributed by atoms with Crippen molar-refractivity contribution in [3.05, 3.63) is 11.1 Å². The number of nitrogens with two attached hydrogens (primary N) is 1. The van der Waals surface area contributed by atoms with Crippen molar-refractivity contribution in [1.82, 2.24) is 14.6 Å². The lowest BCUT2D eigenvalue weighted by molar-refractivity contribution is 0.0952. The molecule has 7 nitrogen and oxygen atoms in total. The summed E-state index contributed by atoms with van der Waals surface area (Å²) in [4.78, 5) is 15.3. The van der Waals surface area contributed by atoms with Gasteiger partial charge in [0.1, 0.15) is 5.69 Å². The summed E-state index contributed by atoms with van der Waals surface area (Å²) in [7, 11) is -0.409. The van der Waals surface area contributed by atoms with E-state index < -0.39 is 15.9 Å². The van der Waals surface area contributed by atoms with Crippen LogP contribution in [0.3, 0.4) is 0 Å². The molecule has 96 valence electrons. The van der Waals surface area contributed by atoms with Gasteiger partial charge in [-0.2, -0.15) is 0 Å². The maximum absolute atomic E-state index is 11.5. The van der Waals surface area contributed by atoms with Gasteiger partial charge < -0.3 is 11.1 Å². The fourth-order valence-electron chi connectivity index (χ4n) is 0.959. The molecule has 0 spiro atoms. The number of sulfonamides is 1. The van der Waals surface area contributed by atoms with E-state index in [0.717, 1.165) is 15.6 Å².